The SMILES string of the molecule is O=C(Nc1onc(-c2cccs2)c1C(=O)O)c1ccccc1Cl. The molecular formula is C15H9ClN2O4S. The summed E-state index contributed by atoms with van der Waals surface area (Å²) in [5, 5.41) is 17.6. The highest BCUT2D eigenvalue weighted by molar-refractivity contribution is 7.13. The molecule has 0 aliphatic heterocycles. The molecule has 6 nitrogen and oxygen atoms in total. The second kappa shape index (κ2) is 6.23. The molecule has 0 spiro atoms. The topological polar surface area (TPSA) is 92.4 Å². The van der Waals surface area contributed by atoms with Gasteiger partial charge in [0.25, 0.3) is 5.91 Å². The molecule has 0 saturated heterocycles. The zero-order valence-electron chi connectivity index (χ0n) is 11.4. The number of anilines is 1. The number of carbonyl (C=O) groups is 2. The number of carboxylic acids is 1. The highest BCUT2D eigenvalue weighted by Crippen LogP contribution is 2.32. The second-order valence-electron chi connectivity index (χ2n) is 4.45. The summed E-state index contributed by atoms with van der Waals surface area (Å²) in [5.74, 6) is -2.05. The molecular weight excluding hydrogens is 340 g/mol. The van der Waals surface area contributed by atoms with Crippen LogP contribution in [-0.2, 0) is 0 Å². The maximum Gasteiger partial charge on any atom is 0.343 e. The van der Waals surface area contributed by atoms with E-state index in [-0.39, 0.29) is 27.7 Å². The van der Waals surface area contributed by atoms with E-state index in [1.54, 1.807) is 35.7 Å². The number of amides is 1. The number of halogens is 1. The highest BCUT2D eigenvalue weighted by atomic mass is 35.5. The monoisotopic (exact) mass is 348 g/mol. The van der Waals surface area contributed by atoms with Crippen LogP contribution in [0.3, 0.4) is 0 Å². The molecule has 3 rings (SSSR count). The van der Waals surface area contributed by atoms with E-state index in [1.165, 1.54) is 17.4 Å². The van der Waals surface area contributed by atoms with Crippen LogP contribution in [-0.4, -0.2) is 22.1 Å². The number of thiophene rings is 1. The summed E-state index contributed by atoms with van der Waals surface area (Å²) in [6.07, 6.45) is 0. The molecule has 116 valence electrons. The minimum absolute atomic E-state index is 0.168. The third kappa shape index (κ3) is 2.96. The number of aromatic nitrogens is 1. The molecule has 2 heterocycles. The van der Waals surface area contributed by atoms with Crippen molar-refractivity contribution in [3.63, 3.8) is 0 Å². The van der Waals surface area contributed by atoms with E-state index in [4.69, 9.17) is 16.1 Å². The number of carbonyl (C=O) groups excluding carboxylic acids is 1. The van der Waals surface area contributed by atoms with Crippen molar-refractivity contribution >= 4 is 40.7 Å². The Balaban J connectivity index is 1.97. The van der Waals surface area contributed by atoms with Crippen LogP contribution in [0.15, 0.2) is 46.3 Å². The lowest BCUT2D eigenvalue weighted by atomic mass is 10.2. The Morgan fingerprint density at radius 2 is 2.00 bits per heavy atom. The molecule has 0 radical (unpaired) electrons. The first-order valence-electron chi connectivity index (χ1n) is 6.40. The lowest BCUT2D eigenvalue weighted by Crippen LogP contribution is -2.14. The number of hydrogen-bond acceptors (Lipinski definition) is 5. The third-order valence-corrected chi connectivity index (χ3v) is 4.21. The average molecular weight is 349 g/mol. The van der Waals surface area contributed by atoms with Crippen LogP contribution in [0.25, 0.3) is 10.6 Å². The fourth-order valence-electron chi connectivity index (χ4n) is 1.97. The molecule has 0 unspecified atom stereocenters. The van der Waals surface area contributed by atoms with Crippen LogP contribution in [0.1, 0.15) is 20.7 Å². The van der Waals surface area contributed by atoms with Gasteiger partial charge in [0.05, 0.1) is 15.5 Å². The molecule has 2 N–H and O–H groups in total. The summed E-state index contributed by atoms with van der Waals surface area (Å²) in [7, 11) is 0. The minimum Gasteiger partial charge on any atom is -0.477 e. The molecule has 0 atom stereocenters. The largest absolute Gasteiger partial charge is 0.477 e. The van der Waals surface area contributed by atoms with Gasteiger partial charge in [-0.15, -0.1) is 11.3 Å². The van der Waals surface area contributed by atoms with Crippen molar-refractivity contribution < 1.29 is 19.2 Å². The molecule has 8 heteroatoms. The van der Waals surface area contributed by atoms with E-state index < -0.39 is 11.9 Å². The van der Waals surface area contributed by atoms with Gasteiger partial charge < -0.3 is 9.63 Å². The van der Waals surface area contributed by atoms with E-state index in [2.05, 4.69) is 10.5 Å². The fourth-order valence-corrected chi connectivity index (χ4v) is 2.90. The molecule has 0 bridgehead atoms. The zero-order valence-corrected chi connectivity index (χ0v) is 13.0. The van der Waals surface area contributed by atoms with Gasteiger partial charge in [0.15, 0.2) is 5.56 Å². The Labute approximate surface area is 139 Å². The zero-order chi connectivity index (χ0) is 16.4. The number of benzene rings is 1. The number of rotatable bonds is 4. The maximum absolute atomic E-state index is 12.2. The predicted molar refractivity (Wildman–Crippen MR) is 86.2 cm³/mol. The molecule has 1 aromatic carbocycles. The summed E-state index contributed by atoms with van der Waals surface area (Å²) in [6.45, 7) is 0. The van der Waals surface area contributed by atoms with Gasteiger partial charge in [0, 0.05) is 0 Å². The van der Waals surface area contributed by atoms with Crippen LogP contribution in [0.4, 0.5) is 5.88 Å². The second-order valence-corrected chi connectivity index (χ2v) is 5.81. The van der Waals surface area contributed by atoms with Gasteiger partial charge in [0.1, 0.15) is 5.69 Å². The van der Waals surface area contributed by atoms with Crippen molar-refractivity contribution in [3.05, 3.63) is 57.9 Å². The quantitative estimate of drug-likeness (QED) is 0.743. The van der Waals surface area contributed by atoms with Gasteiger partial charge in [-0.25, -0.2) is 4.79 Å². The van der Waals surface area contributed by atoms with Crippen LogP contribution in [0.2, 0.25) is 5.02 Å². The van der Waals surface area contributed by atoms with Gasteiger partial charge in [-0.1, -0.05) is 35.0 Å². The van der Waals surface area contributed by atoms with E-state index in [9.17, 15) is 14.7 Å². The van der Waals surface area contributed by atoms with E-state index in [0.717, 1.165) is 0 Å². The first-order chi connectivity index (χ1) is 11.1. The lowest BCUT2D eigenvalue weighted by Gasteiger charge is -2.04. The van der Waals surface area contributed by atoms with Gasteiger partial charge in [-0.3, -0.25) is 10.1 Å². The van der Waals surface area contributed by atoms with Crippen LogP contribution in [0.5, 0.6) is 0 Å². The Bertz CT molecular complexity index is 873. The van der Waals surface area contributed by atoms with Crippen LogP contribution >= 0.6 is 22.9 Å². The smallest absolute Gasteiger partial charge is 0.343 e. The molecule has 0 aliphatic rings. The van der Waals surface area contributed by atoms with E-state index in [1.807, 2.05) is 0 Å². The van der Waals surface area contributed by atoms with E-state index in [0.29, 0.717) is 4.88 Å². The van der Waals surface area contributed by atoms with E-state index >= 15 is 0 Å². The van der Waals surface area contributed by atoms with Crippen molar-refractivity contribution in [1.29, 1.82) is 0 Å². The highest BCUT2D eigenvalue weighted by Gasteiger charge is 2.26. The summed E-state index contributed by atoms with van der Waals surface area (Å²) in [6, 6.07) is 9.90. The Morgan fingerprint density at radius 1 is 1.22 bits per heavy atom. The fraction of sp³-hybridized carbons (Fsp3) is 0. The standard InChI is InChI=1S/C15H9ClN2O4S/c16-9-5-2-1-4-8(9)13(19)17-14-11(15(20)21)12(18-22-14)10-6-3-7-23-10/h1-7H,(H,17,19)(H,20,21). The maximum atomic E-state index is 12.2. The van der Waals surface area contributed by atoms with Crippen molar-refractivity contribution in [2.24, 2.45) is 0 Å². The Hall–Kier alpha value is -2.64. The Kier molecular flexibility index (Phi) is 4.14. The first-order valence-corrected chi connectivity index (χ1v) is 7.66. The summed E-state index contributed by atoms with van der Waals surface area (Å²) in [4.78, 5) is 24.4. The lowest BCUT2D eigenvalue weighted by molar-refractivity contribution is 0.0698. The first kappa shape index (κ1) is 15.3. The summed E-state index contributed by atoms with van der Waals surface area (Å²) in [5.41, 5.74) is 0.175. The van der Waals surface area contributed by atoms with Crippen LogP contribution < -0.4 is 5.32 Å². The van der Waals surface area contributed by atoms with Gasteiger partial charge in [0.2, 0.25) is 5.88 Å². The molecule has 23 heavy (non-hydrogen) atoms. The van der Waals surface area contributed by atoms with Crippen molar-refractivity contribution in [2.45, 2.75) is 0 Å². The van der Waals surface area contributed by atoms with Crippen LogP contribution in [0, 0.1) is 0 Å². The molecule has 1 amide bonds. The third-order valence-electron chi connectivity index (χ3n) is 3.01. The van der Waals surface area contributed by atoms with Gasteiger partial charge in [-0.2, -0.15) is 0 Å². The molecule has 2 aromatic heterocycles. The number of nitrogens with zero attached hydrogens (tertiary/aromatic N) is 1. The predicted octanol–water partition coefficient (Wildman–Crippen LogP) is 4.01. The normalized spacial score (nSPS) is 10.5. The van der Waals surface area contributed by atoms with Crippen molar-refractivity contribution in [3.8, 4) is 10.6 Å². The molecule has 0 fully saturated rings. The molecule has 3 aromatic rings. The molecule has 0 saturated carbocycles. The summed E-state index contributed by atoms with van der Waals surface area (Å²) >= 11 is 7.27. The van der Waals surface area contributed by atoms with Gasteiger partial charge in [-0.05, 0) is 23.6 Å². The number of carboxylic acid groups (broad SMARTS) is 1. The molecule has 0 aliphatic carbocycles. The average Bonchev–Trinajstić information content (AvgIpc) is 3.16. The van der Waals surface area contributed by atoms with Gasteiger partial charge >= 0.3 is 5.97 Å². The Morgan fingerprint density at radius 3 is 2.65 bits per heavy atom. The number of aromatic carboxylic acids is 1. The number of nitrogens with one attached hydrogen (secondary N) is 1. The number of hydrogen-bond donors (Lipinski definition) is 2. The van der Waals surface area contributed by atoms with Crippen molar-refractivity contribution in [1.82, 2.24) is 5.16 Å². The summed E-state index contributed by atoms with van der Waals surface area (Å²) < 4.78 is 5.01. The minimum atomic E-state index is -1.25. The van der Waals surface area contributed by atoms with Crippen molar-refractivity contribution in [2.75, 3.05) is 5.32 Å².